The first-order valence-corrected chi connectivity index (χ1v) is 7.65. The highest BCUT2D eigenvalue weighted by atomic mass is 16.5. The standard InChI is InChI=1S/C17H27NO2/c1-5-16(2,3)13-8-10-17(19,11-9-13)15-14(20-4)7-6-12-18-15/h6-7,12-13,19H,5,8-11H2,1-4H3. The summed E-state index contributed by atoms with van der Waals surface area (Å²) < 4.78 is 5.36. The summed E-state index contributed by atoms with van der Waals surface area (Å²) in [5, 5.41) is 11.0. The number of pyridine rings is 1. The van der Waals surface area contributed by atoms with Crippen LogP contribution in [0.15, 0.2) is 18.3 Å². The first-order valence-electron chi connectivity index (χ1n) is 7.65. The number of nitrogens with zero attached hydrogens (tertiary/aromatic N) is 1. The van der Waals surface area contributed by atoms with E-state index in [4.69, 9.17) is 4.74 Å². The van der Waals surface area contributed by atoms with Crippen molar-refractivity contribution >= 4 is 0 Å². The lowest BCUT2D eigenvalue weighted by molar-refractivity contribution is -0.0375. The third-order valence-electron chi connectivity index (χ3n) is 5.26. The molecule has 1 N–H and O–H groups in total. The molecule has 0 saturated heterocycles. The van der Waals surface area contributed by atoms with Crippen LogP contribution in [0.2, 0.25) is 0 Å². The second kappa shape index (κ2) is 5.72. The van der Waals surface area contributed by atoms with Crippen LogP contribution in [0.3, 0.4) is 0 Å². The van der Waals surface area contributed by atoms with E-state index in [0.29, 0.717) is 22.8 Å². The molecule has 1 aromatic rings. The van der Waals surface area contributed by atoms with Crippen molar-refractivity contribution < 1.29 is 9.84 Å². The predicted octanol–water partition coefficient (Wildman–Crippen LogP) is 3.90. The van der Waals surface area contributed by atoms with Gasteiger partial charge in [0.05, 0.1) is 7.11 Å². The summed E-state index contributed by atoms with van der Waals surface area (Å²) in [7, 11) is 1.63. The van der Waals surface area contributed by atoms with Crippen molar-refractivity contribution in [2.24, 2.45) is 11.3 Å². The lowest BCUT2D eigenvalue weighted by atomic mass is 9.66. The van der Waals surface area contributed by atoms with E-state index in [0.717, 1.165) is 25.7 Å². The van der Waals surface area contributed by atoms with Crippen LogP contribution in [0.1, 0.15) is 58.6 Å². The molecule has 1 fully saturated rings. The number of hydrogen-bond donors (Lipinski definition) is 1. The number of hydrogen-bond acceptors (Lipinski definition) is 3. The molecule has 1 saturated carbocycles. The summed E-state index contributed by atoms with van der Waals surface area (Å²) in [6, 6.07) is 3.72. The number of methoxy groups -OCH3 is 1. The zero-order valence-electron chi connectivity index (χ0n) is 13.1. The summed E-state index contributed by atoms with van der Waals surface area (Å²) >= 11 is 0. The van der Waals surface area contributed by atoms with E-state index in [9.17, 15) is 5.11 Å². The summed E-state index contributed by atoms with van der Waals surface area (Å²) in [4.78, 5) is 4.38. The fourth-order valence-corrected chi connectivity index (χ4v) is 3.31. The van der Waals surface area contributed by atoms with Gasteiger partial charge in [-0.25, -0.2) is 0 Å². The zero-order chi connectivity index (χ0) is 14.8. The van der Waals surface area contributed by atoms with Crippen molar-refractivity contribution in [2.45, 2.75) is 58.5 Å². The maximum absolute atomic E-state index is 11.0. The van der Waals surface area contributed by atoms with E-state index in [-0.39, 0.29) is 0 Å². The Bertz CT molecular complexity index is 448. The van der Waals surface area contributed by atoms with Crippen LogP contribution in [0.5, 0.6) is 5.75 Å². The summed E-state index contributed by atoms with van der Waals surface area (Å²) in [6.45, 7) is 6.93. The average molecular weight is 277 g/mol. The lowest BCUT2D eigenvalue weighted by Gasteiger charge is -2.42. The molecular weight excluding hydrogens is 250 g/mol. The molecule has 1 aromatic heterocycles. The van der Waals surface area contributed by atoms with Crippen molar-refractivity contribution in [1.82, 2.24) is 4.98 Å². The predicted molar refractivity (Wildman–Crippen MR) is 80.7 cm³/mol. The Kier molecular flexibility index (Phi) is 4.38. The molecule has 20 heavy (non-hydrogen) atoms. The molecule has 1 heterocycles. The fourth-order valence-electron chi connectivity index (χ4n) is 3.31. The van der Waals surface area contributed by atoms with Crippen LogP contribution in [-0.4, -0.2) is 17.2 Å². The van der Waals surface area contributed by atoms with Crippen LogP contribution in [0.4, 0.5) is 0 Å². The van der Waals surface area contributed by atoms with Crippen LogP contribution in [0.25, 0.3) is 0 Å². The fraction of sp³-hybridized carbons (Fsp3) is 0.706. The number of ether oxygens (including phenoxy) is 1. The maximum Gasteiger partial charge on any atom is 0.143 e. The second-order valence-electron chi connectivity index (χ2n) is 6.70. The van der Waals surface area contributed by atoms with E-state index in [1.54, 1.807) is 13.3 Å². The van der Waals surface area contributed by atoms with Crippen molar-refractivity contribution in [3.8, 4) is 5.75 Å². The molecule has 0 atom stereocenters. The molecule has 1 aliphatic rings. The molecule has 2 rings (SSSR count). The highest BCUT2D eigenvalue weighted by molar-refractivity contribution is 5.32. The molecule has 3 nitrogen and oxygen atoms in total. The molecule has 0 spiro atoms. The van der Waals surface area contributed by atoms with Crippen molar-refractivity contribution in [3.63, 3.8) is 0 Å². The highest BCUT2D eigenvalue weighted by Crippen LogP contribution is 2.47. The van der Waals surface area contributed by atoms with Gasteiger partial charge in [0, 0.05) is 6.20 Å². The molecule has 0 amide bonds. The second-order valence-corrected chi connectivity index (χ2v) is 6.70. The first kappa shape index (κ1) is 15.3. The van der Waals surface area contributed by atoms with E-state index in [1.807, 2.05) is 12.1 Å². The smallest absolute Gasteiger partial charge is 0.143 e. The molecule has 0 radical (unpaired) electrons. The van der Waals surface area contributed by atoms with E-state index < -0.39 is 5.60 Å². The summed E-state index contributed by atoms with van der Waals surface area (Å²) in [6.07, 6.45) is 6.57. The Morgan fingerprint density at radius 1 is 1.40 bits per heavy atom. The lowest BCUT2D eigenvalue weighted by Crippen LogP contribution is -2.37. The Balaban J connectivity index is 2.16. The van der Waals surface area contributed by atoms with Gasteiger partial charge in [-0.15, -0.1) is 0 Å². The molecule has 0 bridgehead atoms. The van der Waals surface area contributed by atoms with Gasteiger partial charge in [-0.1, -0.05) is 27.2 Å². The Hall–Kier alpha value is -1.09. The van der Waals surface area contributed by atoms with E-state index in [1.165, 1.54) is 6.42 Å². The highest BCUT2D eigenvalue weighted by Gasteiger charge is 2.41. The van der Waals surface area contributed by atoms with E-state index in [2.05, 4.69) is 25.8 Å². The Labute approximate surface area is 122 Å². The van der Waals surface area contributed by atoms with Gasteiger partial charge in [-0.05, 0) is 49.1 Å². The summed E-state index contributed by atoms with van der Waals surface area (Å²) in [5.41, 5.74) is 0.234. The van der Waals surface area contributed by atoms with Gasteiger partial charge in [-0.2, -0.15) is 0 Å². The SMILES string of the molecule is CCC(C)(C)C1CCC(O)(c2ncccc2OC)CC1. The third kappa shape index (κ3) is 2.83. The van der Waals surface area contributed by atoms with E-state index >= 15 is 0 Å². The normalized spacial score (nSPS) is 27.4. The number of rotatable bonds is 4. The maximum atomic E-state index is 11.0. The minimum atomic E-state index is -0.826. The molecule has 0 aliphatic heterocycles. The van der Waals surface area contributed by atoms with Gasteiger partial charge in [0.1, 0.15) is 17.0 Å². The van der Waals surface area contributed by atoms with Crippen molar-refractivity contribution in [3.05, 3.63) is 24.0 Å². The van der Waals surface area contributed by atoms with Crippen LogP contribution in [0, 0.1) is 11.3 Å². The van der Waals surface area contributed by atoms with Gasteiger partial charge in [0.2, 0.25) is 0 Å². The van der Waals surface area contributed by atoms with Gasteiger partial charge in [-0.3, -0.25) is 4.98 Å². The van der Waals surface area contributed by atoms with Gasteiger partial charge >= 0.3 is 0 Å². The molecule has 0 unspecified atom stereocenters. The minimum Gasteiger partial charge on any atom is -0.495 e. The summed E-state index contributed by atoms with van der Waals surface area (Å²) in [5.74, 6) is 1.38. The largest absolute Gasteiger partial charge is 0.495 e. The van der Waals surface area contributed by atoms with Crippen molar-refractivity contribution in [2.75, 3.05) is 7.11 Å². The minimum absolute atomic E-state index is 0.357. The van der Waals surface area contributed by atoms with Gasteiger partial charge < -0.3 is 9.84 Å². The van der Waals surface area contributed by atoms with Gasteiger partial charge in [0.15, 0.2) is 0 Å². The molecular formula is C17H27NO2. The quantitative estimate of drug-likeness (QED) is 0.907. The average Bonchev–Trinajstić information content (AvgIpc) is 2.47. The Morgan fingerprint density at radius 3 is 2.60 bits per heavy atom. The van der Waals surface area contributed by atoms with Crippen LogP contribution in [-0.2, 0) is 5.60 Å². The molecule has 112 valence electrons. The van der Waals surface area contributed by atoms with Crippen LogP contribution >= 0.6 is 0 Å². The monoisotopic (exact) mass is 277 g/mol. The Morgan fingerprint density at radius 2 is 2.05 bits per heavy atom. The third-order valence-corrected chi connectivity index (χ3v) is 5.26. The molecule has 0 aromatic carbocycles. The first-order chi connectivity index (χ1) is 9.43. The number of aliphatic hydroxyl groups is 1. The zero-order valence-corrected chi connectivity index (χ0v) is 13.1. The topological polar surface area (TPSA) is 42.4 Å². The van der Waals surface area contributed by atoms with Gasteiger partial charge in [0.25, 0.3) is 0 Å². The van der Waals surface area contributed by atoms with Crippen molar-refractivity contribution in [1.29, 1.82) is 0 Å². The number of aromatic nitrogens is 1. The van der Waals surface area contributed by atoms with Crippen LogP contribution < -0.4 is 4.74 Å². The molecule has 1 aliphatic carbocycles. The molecule has 3 heteroatoms.